The van der Waals surface area contributed by atoms with Crippen LogP contribution in [0.3, 0.4) is 0 Å². The molecule has 1 aliphatic rings. The number of hydrogen-bond acceptors (Lipinski definition) is 2. The predicted molar refractivity (Wildman–Crippen MR) is 72.7 cm³/mol. The Labute approximate surface area is 125 Å². The summed E-state index contributed by atoms with van der Waals surface area (Å²) in [5.74, 6) is -2.96. The summed E-state index contributed by atoms with van der Waals surface area (Å²) in [5.41, 5.74) is 0.283. The lowest BCUT2D eigenvalue weighted by atomic mass is 9.85. The van der Waals surface area contributed by atoms with E-state index < -0.39 is 30.0 Å². The van der Waals surface area contributed by atoms with Crippen molar-refractivity contribution in [3.8, 4) is 0 Å². The lowest BCUT2D eigenvalue weighted by Crippen LogP contribution is -2.41. The molecule has 0 bridgehead atoms. The molecular weight excluding hydrogens is 299 g/mol. The Balaban J connectivity index is 1.98. The summed E-state index contributed by atoms with van der Waals surface area (Å²) in [6.07, 6.45) is -3.29. The van der Waals surface area contributed by atoms with Crippen LogP contribution in [0.5, 0.6) is 0 Å². The monoisotopic (exact) mass is 315 g/mol. The molecule has 22 heavy (non-hydrogen) atoms. The van der Waals surface area contributed by atoms with E-state index in [1.807, 2.05) is 0 Å². The summed E-state index contributed by atoms with van der Waals surface area (Å²) in [5, 5.41) is 11.4. The van der Waals surface area contributed by atoms with Crippen LogP contribution in [0.2, 0.25) is 0 Å². The minimum absolute atomic E-state index is 0.0475. The molecule has 7 heteroatoms. The number of nitrogens with one attached hydrogen (secondary N) is 1. The van der Waals surface area contributed by atoms with Crippen molar-refractivity contribution in [1.29, 1.82) is 0 Å². The van der Waals surface area contributed by atoms with Gasteiger partial charge in [0.25, 0.3) is 5.91 Å². The lowest BCUT2D eigenvalue weighted by Gasteiger charge is -2.31. The molecule has 0 saturated heterocycles. The molecule has 1 amide bonds. The van der Waals surface area contributed by atoms with Crippen LogP contribution in [0.15, 0.2) is 24.3 Å². The van der Waals surface area contributed by atoms with Crippen molar-refractivity contribution in [2.24, 2.45) is 5.92 Å². The van der Waals surface area contributed by atoms with Crippen LogP contribution in [-0.4, -0.2) is 29.2 Å². The first-order chi connectivity index (χ1) is 10.3. The standard InChI is InChI=1S/C15H16F3NO3/c16-15(17,18)11-2-1-3-12(8-11)19-13(20)9-4-6-10(7-5-9)14(21)22/h4-7,11-12H,1-3,8H2,(H,19,20)(H,21,22)/t11-,12-/m1/s1. The second kappa shape index (κ2) is 6.37. The van der Waals surface area contributed by atoms with E-state index >= 15 is 0 Å². The summed E-state index contributed by atoms with van der Waals surface area (Å²) in [6.45, 7) is 0. The second-order valence-corrected chi connectivity index (χ2v) is 5.46. The van der Waals surface area contributed by atoms with Gasteiger partial charge in [0.05, 0.1) is 11.5 Å². The van der Waals surface area contributed by atoms with Crippen LogP contribution in [0.4, 0.5) is 13.2 Å². The van der Waals surface area contributed by atoms with E-state index in [2.05, 4.69) is 5.32 Å². The summed E-state index contributed by atoms with van der Waals surface area (Å²) in [6, 6.07) is 4.77. The Kier molecular flexibility index (Phi) is 4.73. The Morgan fingerprint density at radius 3 is 2.23 bits per heavy atom. The SMILES string of the molecule is O=C(O)c1ccc(C(=O)N[C@@H]2CCC[C@@H](C(F)(F)F)C2)cc1. The maximum absolute atomic E-state index is 12.7. The third kappa shape index (κ3) is 3.99. The molecule has 0 unspecified atom stereocenters. The smallest absolute Gasteiger partial charge is 0.391 e. The van der Waals surface area contributed by atoms with Crippen LogP contribution < -0.4 is 5.32 Å². The average Bonchev–Trinajstić information content (AvgIpc) is 2.46. The predicted octanol–water partition coefficient (Wildman–Crippen LogP) is 3.24. The highest BCUT2D eigenvalue weighted by molar-refractivity contribution is 5.96. The summed E-state index contributed by atoms with van der Waals surface area (Å²) in [4.78, 5) is 22.7. The Bertz CT molecular complexity index is 554. The Morgan fingerprint density at radius 1 is 1.09 bits per heavy atom. The molecule has 1 fully saturated rings. The van der Waals surface area contributed by atoms with Crippen LogP contribution in [-0.2, 0) is 0 Å². The zero-order chi connectivity index (χ0) is 16.3. The fourth-order valence-electron chi connectivity index (χ4n) is 2.65. The molecule has 0 spiro atoms. The van der Waals surface area contributed by atoms with Crippen molar-refractivity contribution >= 4 is 11.9 Å². The summed E-state index contributed by atoms with van der Waals surface area (Å²) in [7, 11) is 0. The molecule has 0 aliphatic heterocycles. The molecule has 2 atom stereocenters. The van der Waals surface area contributed by atoms with E-state index in [-0.39, 0.29) is 24.0 Å². The molecule has 1 aromatic carbocycles. The maximum Gasteiger partial charge on any atom is 0.391 e. The van der Waals surface area contributed by atoms with Gasteiger partial charge in [0.15, 0.2) is 0 Å². The van der Waals surface area contributed by atoms with E-state index in [1.165, 1.54) is 24.3 Å². The molecule has 1 saturated carbocycles. The van der Waals surface area contributed by atoms with Gasteiger partial charge in [-0.2, -0.15) is 13.2 Å². The molecular formula is C15H16F3NO3. The topological polar surface area (TPSA) is 66.4 Å². The van der Waals surface area contributed by atoms with Crippen LogP contribution >= 0.6 is 0 Å². The number of carbonyl (C=O) groups is 2. The molecule has 4 nitrogen and oxygen atoms in total. The number of carboxylic acid groups (broad SMARTS) is 1. The van der Waals surface area contributed by atoms with Gasteiger partial charge >= 0.3 is 12.1 Å². The lowest BCUT2D eigenvalue weighted by molar-refractivity contribution is -0.183. The fourth-order valence-corrected chi connectivity index (χ4v) is 2.65. The first kappa shape index (κ1) is 16.3. The highest BCUT2D eigenvalue weighted by Crippen LogP contribution is 2.37. The number of carbonyl (C=O) groups excluding carboxylic acids is 1. The van der Waals surface area contributed by atoms with E-state index in [0.717, 1.165) is 0 Å². The summed E-state index contributed by atoms with van der Waals surface area (Å²) >= 11 is 0. The minimum Gasteiger partial charge on any atom is -0.478 e. The van der Waals surface area contributed by atoms with Gasteiger partial charge in [0.1, 0.15) is 0 Å². The van der Waals surface area contributed by atoms with E-state index in [0.29, 0.717) is 12.8 Å². The maximum atomic E-state index is 12.7. The molecule has 120 valence electrons. The van der Waals surface area contributed by atoms with Gasteiger partial charge in [-0.25, -0.2) is 4.79 Å². The van der Waals surface area contributed by atoms with Gasteiger partial charge in [-0.15, -0.1) is 0 Å². The van der Waals surface area contributed by atoms with E-state index in [1.54, 1.807) is 0 Å². The Morgan fingerprint density at radius 2 is 1.68 bits per heavy atom. The molecule has 1 aromatic rings. The van der Waals surface area contributed by atoms with Crippen molar-refractivity contribution in [2.45, 2.75) is 37.9 Å². The summed E-state index contributed by atoms with van der Waals surface area (Å²) < 4.78 is 38.2. The first-order valence-electron chi connectivity index (χ1n) is 6.98. The van der Waals surface area contributed by atoms with E-state index in [4.69, 9.17) is 5.11 Å². The van der Waals surface area contributed by atoms with Crippen molar-refractivity contribution in [1.82, 2.24) is 5.32 Å². The zero-order valence-corrected chi connectivity index (χ0v) is 11.7. The van der Waals surface area contributed by atoms with Crippen molar-refractivity contribution < 1.29 is 27.9 Å². The third-order valence-corrected chi connectivity index (χ3v) is 3.87. The second-order valence-electron chi connectivity index (χ2n) is 5.46. The fraction of sp³-hybridized carbons (Fsp3) is 0.467. The normalized spacial score (nSPS) is 22.1. The van der Waals surface area contributed by atoms with Crippen LogP contribution in [0, 0.1) is 5.92 Å². The minimum atomic E-state index is -4.23. The van der Waals surface area contributed by atoms with Crippen molar-refractivity contribution in [2.75, 3.05) is 0 Å². The quantitative estimate of drug-likeness (QED) is 0.900. The first-order valence-corrected chi connectivity index (χ1v) is 6.98. The van der Waals surface area contributed by atoms with Gasteiger partial charge < -0.3 is 10.4 Å². The molecule has 0 heterocycles. The third-order valence-electron chi connectivity index (χ3n) is 3.87. The number of amides is 1. The van der Waals surface area contributed by atoms with Gasteiger partial charge in [0, 0.05) is 11.6 Å². The van der Waals surface area contributed by atoms with Crippen molar-refractivity contribution in [3.05, 3.63) is 35.4 Å². The van der Waals surface area contributed by atoms with Gasteiger partial charge in [0.2, 0.25) is 0 Å². The molecule has 0 aromatic heterocycles. The van der Waals surface area contributed by atoms with Crippen LogP contribution in [0.25, 0.3) is 0 Å². The number of carboxylic acids is 1. The molecule has 2 N–H and O–H groups in total. The number of hydrogen-bond donors (Lipinski definition) is 2. The van der Waals surface area contributed by atoms with E-state index in [9.17, 15) is 22.8 Å². The Hall–Kier alpha value is -2.05. The highest BCUT2D eigenvalue weighted by atomic mass is 19.4. The molecule has 0 radical (unpaired) electrons. The van der Waals surface area contributed by atoms with Crippen LogP contribution in [0.1, 0.15) is 46.4 Å². The molecule has 1 aliphatic carbocycles. The number of halogens is 3. The number of benzene rings is 1. The number of alkyl halides is 3. The highest BCUT2D eigenvalue weighted by Gasteiger charge is 2.42. The number of rotatable bonds is 3. The molecule has 2 rings (SSSR count). The number of aromatic carboxylic acids is 1. The van der Waals surface area contributed by atoms with Gasteiger partial charge in [-0.05, 0) is 43.5 Å². The van der Waals surface area contributed by atoms with Gasteiger partial charge in [-0.3, -0.25) is 4.79 Å². The average molecular weight is 315 g/mol. The largest absolute Gasteiger partial charge is 0.478 e. The zero-order valence-electron chi connectivity index (χ0n) is 11.7. The van der Waals surface area contributed by atoms with Gasteiger partial charge in [-0.1, -0.05) is 6.42 Å². The van der Waals surface area contributed by atoms with Crippen molar-refractivity contribution in [3.63, 3.8) is 0 Å².